The molecule has 0 aromatic heterocycles. The third kappa shape index (κ3) is 3.82. The summed E-state index contributed by atoms with van der Waals surface area (Å²) < 4.78 is 28.4. The van der Waals surface area contributed by atoms with E-state index in [-0.39, 0.29) is 10.7 Å². The van der Waals surface area contributed by atoms with E-state index in [1.165, 1.54) is 19.1 Å². The normalized spacial score (nSPS) is 12.9. The van der Waals surface area contributed by atoms with Crippen LogP contribution in [0.4, 0.5) is 0 Å². The molecule has 6 heteroatoms. The molecule has 0 fully saturated rings. The van der Waals surface area contributed by atoms with Crippen LogP contribution >= 0.6 is 15.9 Å². The Labute approximate surface area is 138 Å². The van der Waals surface area contributed by atoms with Crippen LogP contribution in [0.25, 0.3) is 0 Å². The number of halogens is 1. The molecule has 0 aliphatic carbocycles. The Morgan fingerprint density at radius 3 is 2.45 bits per heavy atom. The van der Waals surface area contributed by atoms with E-state index in [0.717, 1.165) is 10.0 Å². The minimum absolute atomic E-state index is 0.0825. The van der Waals surface area contributed by atoms with Crippen molar-refractivity contribution >= 4 is 31.7 Å². The lowest BCUT2D eigenvalue weighted by Gasteiger charge is -2.16. The molecule has 1 N–H and O–H groups in total. The third-order valence-corrected chi connectivity index (χ3v) is 5.52. The molecule has 0 aliphatic rings. The molecule has 0 amide bonds. The molecule has 2 rings (SSSR count). The minimum atomic E-state index is -3.70. The standard InChI is InChI=1S/C16H16BrNO3S/c1-11(15-8-3-4-9-16(15)17)18-22(20,21)14-7-5-6-13(10-14)12(2)19/h3-11,18H,1-2H3. The zero-order valence-corrected chi connectivity index (χ0v) is 14.6. The molecule has 0 aliphatic heterocycles. The lowest BCUT2D eigenvalue weighted by atomic mass is 10.1. The SMILES string of the molecule is CC(=O)c1cccc(S(=O)(=O)NC(C)c2ccccc2Br)c1. The summed E-state index contributed by atoms with van der Waals surface area (Å²) in [5, 5.41) is 0. The number of ketones is 1. The van der Waals surface area contributed by atoms with Crippen molar-refractivity contribution in [2.45, 2.75) is 24.8 Å². The molecule has 2 aromatic rings. The van der Waals surface area contributed by atoms with Gasteiger partial charge in [-0.3, -0.25) is 4.79 Å². The van der Waals surface area contributed by atoms with Crippen LogP contribution in [-0.2, 0) is 10.0 Å². The molecule has 0 saturated heterocycles. The van der Waals surface area contributed by atoms with Crippen molar-refractivity contribution in [3.05, 3.63) is 64.1 Å². The maximum Gasteiger partial charge on any atom is 0.241 e. The monoisotopic (exact) mass is 381 g/mol. The first-order valence-electron chi connectivity index (χ1n) is 6.69. The summed E-state index contributed by atoms with van der Waals surface area (Å²) in [6.45, 7) is 3.18. The zero-order chi connectivity index (χ0) is 16.3. The van der Waals surface area contributed by atoms with Gasteiger partial charge in [-0.25, -0.2) is 13.1 Å². The highest BCUT2D eigenvalue weighted by atomic mass is 79.9. The van der Waals surface area contributed by atoms with Crippen LogP contribution in [-0.4, -0.2) is 14.2 Å². The van der Waals surface area contributed by atoms with Crippen molar-refractivity contribution in [2.24, 2.45) is 0 Å². The number of hydrogen-bond acceptors (Lipinski definition) is 3. The Balaban J connectivity index is 2.30. The van der Waals surface area contributed by atoms with Gasteiger partial charge in [-0.1, -0.05) is 46.3 Å². The number of Topliss-reactive ketones (excluding diaryl/α,β-unsaturated/α-hetero) is 1. The van der Waals surface area contributed by atoms with Gasteiger partial charge in [0.25, 0.3) is 0 Å². The van der Waals surface area contributed by atoms with Gasteiger partial charge < -0.3 is 0 Å². The van der Waals surface area contributed by atoms with Gasteiger partial charge in [0, 0.05) is 16.1 Å². The summed E-state index contributed by atoms with van der Waals surface area (Å²) in [6, 6.07) is 13.0. The molecule has 22 heavy (non-hydrogen) atoms. The number of carbonyl (C=O) groups is 1. The number of nitrogens with one attached hydrogen (secondary N) is 1. The Morgan fingerprint density at radius 2 is 1.82 bits per heavy atom. The van der Waals surface area contributed by atoms with E-state index < -0.39 is 16.1 Å². The average molecular weight is 382 g/mol. The van der Waals surface area contributed by atoms with Gasteiger partial charge in [0.1, 0.15) is 0 Å². The highest BCUT2D eigenvalue weighted by Gasteiger charge is 2.20. The highest BCUT2D eigenvalue weighted by Crippen LogP contribution is 2.24. The van der Waals surface area contributed by atoms with Crippen molar-refractivity contribution in [1.82, 2.24) is 4.72 Å². The second kappa shape index (κ2) is 6.73. The van der Waals surface area contributed by atoms with Crippen LogP contribution in [0.15, 0.2) is 57.9 Å². The number of rotatable bonds is 5. The maximum absolute atomic E-state index is 12.5. The van der Waals surface area contributed by atoms with Crippen molar-refractivity contribution in [2.75, 3.05) is 0 Å². The van der Waals surface area contributed by atoms with Crippen LogP contribution in [0.2, 0.25) is 0 Å². The first kappa shape index (κ1) is 16.9. The molecule has 116 valence electrons. The Morgan fingerprint density at radius 1 is 1.14 bits per heavy atom. The minimum Gasteiger partial charge on any atom is -0.295 e. The van der Waals surface area contributed by atoms with E-state index in [0.29, 0.717) is 5.56 Å². The lowest BCUT2D eigenvalue weighted by molar-refractivity contribution is 0.101. The van der Waals surface area contributed by atoms with Crippen molar-refractivity contribution < 1.29 is 13.2 Å². The first-order chi connectivity index (χ1) is 10.3. The molecule has 0 bridgehead atoms. The fourth-order valence-corrected chi connectivity index (χ4v) is 3.97. The van der Waals surface area contributed by atoms with Crippen LogP contribution in [0.3, 0.4) is 0 Å². The van der Waals surface area contributed by atoms with Gasteiger partial charge in [-0.15, -0.1) is 0 Å². The zero-order valence-electron chi connectivity index (χ0n) is 12.2. The van der Waals surface area contributed by atoms with E-state index in [4.69, 9.17) is 0 Å². The van der Waals surface area contributed by atoms with Crippen molar-refractivity contribution in [3.8, 4) is 0 Å². The maximum atomic E-state index is 12.5. The Kier molecular flexibility index (Phi) is 5.16. The highest BCUT2D eigenvalue weighted by molar-refractivity contribution is 9.10. The second-order valence-electron chi connectivity index (χ2n) is 4.95. The number of carbonyl (C=O) groups excluding carboxylic acids is 1. The van der Waals surface area contributed by atoms with Gasteiger partial charge in [0.2, 0.25) is 10.0 Å². The van der Waals surface area contributed by atoms with E-state index in [2.05, 4.69) is 20.7 Å². The lowest BCUT2D eigenvalue weighted by Crippen LogP contribution is -2.27. The topological polar surface area (TPSA) is 63.2 Å². The van der Waals surface area contributed by atoms with E-state index in [1.807, 2.05) is 24.3 Å². The quantitative estimate of drug-likeness (QED) is 0.803. The molecule has 0 spiro atoms. The number of sulfonamides is 1. The summed E-state index contributed by atoms with van der Waals surface area (Å²) in [5.41, 5.74) is 1.21. The summed E-state index contributed by atoms with van der Waals surface area (Å²) in [6.07, 6.45) is 0. The first-order valence-corrected chi connectivity index (χ1v) is 8.96. The molecular formula is C16H16BrNO3S. The van der Waals surface area contributed by atoms with E-state index in [1.54, 1.807) is 19.1 Å². The van der Waals surface area contributed by atoms with Crippen LogP contribution in [0.5, 0.6) is 0 Å². The van der Waals surface area contributed by atoms with Crippen molar-refractivity contribution in [1.29, 1.82) is 0 Å². The van der Waals surface area contributed by atoms with Crippen LogP contribution in [0.1, 0.15) is 35.8 Å². The summed E-state index contributed by atoms with van der Waals surface area (Å²) in [5.74, 6) is -0.170. The predicted octanol–water partition coefficient (Wildman–Crippen LogP) is 3.69. The van der Waals surface area contributed by atoms with Crippen molar-refractivity contribution in [3.63, 3.8) is 0 Å². The molecular weight excluding hydrogens is 366 g/mol. The van der Waals surface area contributed by atoms with Gasteiger partial charge in [0.15, 0.2) is 5.78 Å². The van der Waals surface area contributed by atoms with Crippen LogP contribution < -0.4 is 4.72 Å². The second-order valence-corrected chi connectivity index (χ2v) is 7.52. The Hall–Kier alpha value is -1.50. The molecule has 0 heterocycles. The Bertz CT molecular complexity index is 803. The van der Waals surface area contributed by atoms with Gasteiger partial charge in [-0.05, 0) is 37.6 Å². The molecule has 1 unspecified atom stereocenters. The summed E-state index contributed by atoms with van der Waals surface area (Å²) in [7, 11) is -3.70. The predicted molar refractivity (Wildman–Crippen MR) is 89.3 cm³/mol. The molecule has 2 aromatic carbocycles. The fourth-order valence-electron chi connectivity index (χ4n) is 2.07. The van der Waals surface area contributed by atoms with E-state index >= 15 is 0 Å². The average Bonchev–Trinajstić information content (AvgIpc) is 2.47. The van der Waals surface area contributed by atoms with Gasteiger partial charge in [-0.2, -0.15) is 0 Å². The molecule has 0 saturated carbocycles. The summed E-state index contributed by atoms with van der Waals surface area (Å²) >= 11 is 3.41. The molecule has 4 nitrogen and oxygen atoms in total. The number of hydrogen-bond donors (Lipinski definition) is 1. The van der Waals surface area contributed by atoms with E-state index in [9.17, 15) is 13.2 Å². The smallest absolute Gasteiger partial charge is 0.241 e. The van der Waals surface area contributed by atoms with Gasteiger partial charge >= 0.3 is 0 Å². The van der Waals surface area contributed by atoms with Crippen LogP contribution in [0, 0.1) is 0 Å². The number of benzene rings is 2. The molecule has 1 atom stereocenters. The summed E-state index contributed by atoms with van der Waals surface area (Å²) in [4.78, 5) is 11.5. The third-order valence-electron chi connectivity index (χ3n) is 3.25. The largest absolute Gasteiger partial charge is 0.295 e. The van der Waals surface area contributed by atoms with Gasteiger partial charge in [0.05, 0.1) is 4.90 Å². The fraction of sp³-hybridized carbons (Fsp3) is 0.188. The molecule has 0 radical (unpaired) electrons.